The summed E-state index contributed by atoms with van der Waals surface area (Å²) in [6.07, 6.45) is 17.5. The van der Waals surface area contributed by atoms with Crippen molar-refractivity contribution in [3.8, 4) is 0 Å². The van der Waals surface area contributed by atoms with Crippen molar-refractivity contribution in [1.29, 1.82) is 0 Å². The Kier molecular flexibility index (Phi) is 37.3. The van der Waals surface area contributed by atoms with E-state index in [1.165, 1.54) is 60.8 Å². The molecule has 640 valence electrons. The quantitative estimate of drug-likeness (QED) is 0.0214. The molecule has 0 radical (unpaired) electrons. The number of piperidine rings is 2. The molecular formula is C99H127Cl3N12O6. The Balaban J connectivity index is 0.000000176. The van der Waals surface area contributed by atoms with Crippen LogP contribution in [0.3, 0.4) is 0 Å². The molecule has 0 bridgehead atoms. The molecule has 18 nitrogen and oxygen atoms in total. The zero-order valence-corrected chi connectivity index (χ0v) is 73.1. The van der Waals surface area contributed by atoms with E-state index in [9.17, 15) is 28.8 Å². The van der Waals surface area contributed by atoms with E-state index in [2.05, 4.69) is 186 Å². The molecule has 0 unspecified atom stereocenters. The monoisotopic (exact) mass is 1680 g/mol. The third-order valence-electron chi connectivity index (χ3n) is 24.6. The molecule has 21 heteroatoms. The van der Waals surface area contributed by atoms with Gasteiger partial charge in [-0.25, -0.2) is 0 Å². The van der Waals surface area contributed by atoms with E-state index in [4.69, 9.17) is 34.8 Å². The lowest BCUT2D eigenvalue weighted by molar-refractivity contribution is -0.134. The van der Waals surface area contributed by atoms with Crippen LogP contribution in [0.15, 0.2) is 212 Å². The van der Waals surface area contributed by atoms with E-state index in [1.54, 1.807) is 30.4 Å². The average molecular weight is 1690 g/mol. The fourth-order valence-electron chi connectivity index (χ4n) is 17.3. The Morgan fingerprint density at radius 2 is 0.842 bits per heavy atom. The summed E-state index contributed by atoms with van der Waals surface area (Å²) in [5, 5.41) is 23.7. The number of fused-ring (bicyclic) bond motifs is 1. The molecule has 5 aliphatic rings. The number of rotatable bonds is 33. The molecule has 8 aromatic carbocycles. The highest BCUT2D eigenvalue weighted by Gasteiger charge is 2.37. The topological polar surface area (TPSA) is 194 Å². The number of nitrogens with one attached hydrogen (secondary N) is 6. The summed E-state index contributed by atoms with van der Waals surface area (Å²) in [7, 11) is 0. The molecule has 8 aromatic rings. The van der Waals surface area contributed by atoms with E-state index < -0.39 is 0 Å². The zero-order chi connectivity index (χ0) is 84.4. The van der Waals surface area contributed by atoms with E-state index in [0.717, 1.165) is 133 Å². The van der Waals surface area contributed by atoms with E-state index in [0.29, 0.717) is 90.4 Å². The Labute approximate surface area is 728 Å². The lowest BCUT2D eigenvalue weighted by atomic mass is 9.90. The van der Waals surface area contributed by atoms with Crippen LogP contribution in [0.25, 0.3) is 16.8 Å². The van der Waals surface area contributed by atoms with Crippen molar-refractivity contribution in [1.82, 2.24) is 61.3 Å². The summed E-state index contributed by atoms with van der Waals surface area (Å²) in [4.78, 5) is 93.7. The van der Waals surface area contributed by atoms with Gasteiger partial charge in [0.15, 0.2) is 0 Å². The fraction of sp³-hybridized carbons (Fsp3) is 0.455. The molecule has 0 spiro atoms. The van der Waals surface area contributed by atoms with Gasteiger partial charge in [0.2, 0.25) is 23.6 Å². The van der Waals surface area contributed by atoms with Crippen LogP contribution >= 0.6 is 34.8 Å². The minimum Gasteiger partial charge on any atom is -0.351 e. The van der Waals surface area contributed by atoms with E-state index in [1.807, 2.05) is 91.0 Å². The Morgan fingerprint density at radius 3 is 1.29 bits per heavy atom. The van der Waals surface area contributed by atoms with Crippen LogP contribution < -0.4 is 31.9 Å². The van der Waals surface area contributed by atoms with Crippen molar-refractivity contribution in [2.45, 2.75) is 172 Å². The number of carbonyl (C=O) groups excluding carboxylic acids is 6. The highest BCUT2D eigenvalue weighted by molar-refractivity contribution is 6.42. The van der Waals surface area contributed by atoms with Crippen LogP contribution in [0.2, 0.25) is 15.1 Å². The third-order valence-corrected chi connectivity index (χ3v) is 25.6. The van der Waals surface area contributed by atoms with Gasteiger partial charge in [-0.3, -0.25) is 28.8 Å². The van der Waals surface area contributed by atoms with Crippen molar-refractivity contribution in [2.75, 3.05) is 118 Å². The fourth-order valence-corrected chi connectivity index (χ4v) is 17.7. The zero-order valence-electron chi connectivity index (χ0n) is 70.9. The maximum atomic E-state index is 14.1. The van der Waals surface area contributed by atoms with Gasteiger partial charge in [-0.1, -0.05) is 239 Å². The first-order valence-corrected chi connectivity index (χ1v) is 45.4. The first-order valence-electron chi connectivity index (χ1n) is 44.2. The number of hydrogen-bond donors (Lipinski definition) is 6. The van der Waals surface area contributed by atoms with Crippen LogP contribution in [-0.4, -0.2) is 219 Å². The van der Waals surface area contributed by atoms with Gasteiger partial charge < -0.3 is 61.3 Å². The lowest BCUT2D eigenvalue weighted by Gasteiger charge is -2.31. The number of amides is 6. The minimum atomic E-state index is -0.308. The van der Waals surface area contributed by atoms with Gasteiger partial charge in [-0.15, -0.1) is 0 Å². The summed E-state index contributed by atoms with van der Waals surface area (Å²) in [5.41, 5.74) is 7.01. The van der Waals surface area contributed by atoms with Gasteiger partial charge >= 0.3 is 0 Å². The Bertz CT molecular complexity index is 4460. The van der Waals surface area contributed by atoms with Crippen LogP contribution in [0.5, 0.6) is 0 Å². The number of likely N-dealkylation sites (tertiary alicyclic amines) is 2. The summed E-state index contributed by atoms with van der Waals surface area (Å²) >= 11 is 18.1. The molecule has 0 saturated carbocycles. The average Bonchev–Trinajstić information content (AvgIpc) is 0.971. The molecule has 8 atom stereocenters. The van der Waals surface area contributed by atoms with Crippen molar-refractivity contribution in [3.63, 3.8) is 0 Å². The van der Waals surface area contributed by atoms with Gasteiger partial charge in [0.1, 0.15) is 0 Å². The molecule has 120 heavy (non-hydrogen) atoms. The smallest absolute Gasteiger partial charge is 0.251 e. The second-order valence-electron chi connectivity index (χ2n) is 32.8. The Morgan fingerprint density at radius 1 is 0.433 bits per heavy atom. The second-order valence-corrected chi connectivity index (χ2v) is 34.1. The molecule has 0 aliphatic carbocycles. The maximum Gasteiger partial charge on any atom is 0.251 e. The van der Waals surface area contributed by atoms with Gasteiger partial charge in [0.25, 0.3) is 11.8 Å². The number of benzene rings is 8. The molecule has 13 rings (SSSR count). The van der Waals surface area contributed by atoms with Gasteiger partial charge in [0.05, 0.1) is 28.2 Å². The van der Waals surface area contributed by atoms with Crippen LogP contribution in [-0.2, 0) is 19.2 Å². The molecule has 5 saturated heterocycles. The number of carbonyl (C=O) groups is 6. The summed E-state index contributed by atoms with van der Waals surface area (Å²) in [6, 6.07) is 67.3. The highest BCUT2D eigenvalue weighted by atomic mass is 35.5. The maximum absolute atomic E-state index is 14.1. The molecular weight excluding hydrogens is 1560 g/mol. The van der Waals surface area contributed by atoms with Crippen molar-refractivity contribution in [3.05, 3.63) is 266 Å². The predicted molar refractivity (Wildman–Crippen MR) is 490 cm³/mol. The first-order chi connectivity index (χ1) is 58.5. The molecule has 5 heterocycles. The molecule has 5 fully saturated rings. The van der Waals surface area contributed by atoms with Gasteiger partial charge in [-0.05, 0) is 203 Å². The number of halogens is 3. The summed E-state index contributed by atoms with van der Waals surface area (Å²) < 4.78 is 0. The molecule has 6 amide bonds. The SMILES string of the molecule is CCN(CC)CC[C@@H]1N[C@H](CNC(=O)c2ccc3ccccc3c2)CCN(CC(c2ccccc2)c2ccccc2)C1=O.CC[C@@H](CN1CC[C@@H](CNC(=O)/C=C/c2ccc(Cl)cc2)N[C@@H](CCN2CCCCC2)C1=O)c1ccccc1.CC[C@@H](CN1CC[C@@H](CNC(=O)c2ccc(Cl)c(Cl)c2)N[C@@H](CCN2CCCCC2)C1=O)c1ccccc1. The van der Waals surface area contributed by atoms with Crippen LogP contribution in [0.1, 0.15) is 184 Å². The van der Waals surface area contributed by atoms with E-state index >= 15 is 0 Å². The summed E-state index contributed by atoms with van der Waals surface area (Å²) in [6.45, 7) is 23.2. The van der Waals surface area contributed by atoms with E-state index in [-0.39, 0.29) is 77.6 Å². The highest BCUT2D eigenvalue weighted by Crippen LogP contribution is 2.30. The lowest BCUT2D eigenvalue weighted by Crippen LogP contribution is -2.50. The second kappa shape index (κ2) is 48.7. The standard InChI is InChI=1S/C37H44N4O2.C32H43ClN4O2.C30H40Cl2N4O2/c1-3-40(4-2)23-22-35-37(43)41(27-34(29-14-7-5-8-15-29)30-16-9-6-10-17-30)24-21-33(39-35)26-38-36(42)32-20-19-28-13-11-12-18-31(28)25-32;1-2-26(27-9-5-3-6-10-27)24-37-22-17-29(23-34-31(38)16-13-25-11-14-28(33)15-12-25)35-30(32(37)39)18-21-36-19-7-4-8-20-36;1-2-22(23-9-5-3-6-10-23)21-36-18-13-25(20-33-29(37)24-11-12-26(31)27(32)19-24)34-28(30(36)38)14-17-35-15-7-4-8-16-35/h5-20,25,33-35,39H,3-4,21-24,26-27H2,1-2H3,(H,38,42);3,5-6,9-16,26,29-30,35H,2,4,7-8,17-24H2,1H3,(H,34,38);3,5-6,9-12,19,22,25,28,34H,2,4,7-8,13-18,20-21H2,1H3,(H,33,37)/b;16-13+;/t33-,35-;26-,29-,30-;22-,25-,28-/m000/s1. The van der Waals surface area contributed by atoms with Crippen molar-refractivity contribution < 1.29 is 28.8 Å². The number of nitrogens with zero attached hydrogens (tertiary/aromatic N) is 6. The molecule has 5 aliphatic heterocycles. The predicted octanol–water partition coefficient (Wildman–Crippen LogP) is 16.1. The van der Waals surface area contributed by atoms with Crippen molar-refractivity contribution in [2.24, 2.45) is 0 Å². The molecule has 6 N–H and O–H groups in total. The molecule has 0 aromatic heterocycles. The third kappa shape index (κ3) is 28.4. The Hall–Kier alpha value is -8.79. The largest absolute Gasteiger partial charge is 0.351 e. The summed E-state index contributed by atoms with van der Waals surface area (Å²) in [5.74, 6) is 0.782. The van der Waals surface area contributed by atoms with Crippen LogP contribution in [0.4, 0.5) is 0 Å². The van der Waals surface area contributed by atoms with Crippen molar-refractivity contribution >= 4 is 87.1 Å². The van der Waals surface area contributed by atoms with Gasteiger partial charge in [-0.2, -0.15) is 0 Å². The van der Waals surface area contributed by atoms with Crippen LogP contribution in [0, 0.1) is 0 Å². The normalized spacial score (nSPS) is 20.1. The number of hydrogen-bond acceptors (Lipinski definition) is 12. The minimum absolute atomic E-state index is 0.00108. The first kappa shape index (κ1) is 91.9. The van der Waals surface area contributed by atoms with Gasteiger partial charge in [0, 0.05) is 137 Å².